The van der Waals surface area contributed by atoms with Gasteiger partial charge in [0.25, 0.3) is 0 Å². The Hall–Kier alpha value is -2.06. The maximum absolute atomic E-state index is 4.11. The van der Waals surface area contributed by atoms with Gasteiger partial charge in [0.2, 0.25) is 0 Å². The van der Waals surface area contributed by atoms with Gasteiger partial charge in [-0.2, -0.15) is 0 Å². The van der Waals surface area contributed by atoms with E-state index in [9.17, 15) is 0 Å². The fraction of sp³-hybridized carbons (Fsp3) is 0.105. The molecule has 0 atom stereocenters. The maximum Gasteiger partial charge on any atom is 0.0574 e. The number of benzene rings is 2. The molecule has 0 amide bonds. The highest BCUT2D eigenvalue weighted by molar-refractivity contribution is 14.1. The summed E-state index contributed by atoms with van der Waals surface area (Å²) in [4.78, 5) is 6.11. The normalized spacial score (nSPS) is 10.1. The van der Waals surface area contributed by atoms with Crippen LogP contribution in [0.15, 0.2) is 60.9 Å². The summed E-state index contributed by atoms with van der Waals surface area (Å²) >= 11 is 2.38. The van der Waals surface area contributed by atoms with E-state index in [0.29, 0.717) is 6.42 Å². The molecule has 3 rings (SSSR count). The molecule has 0 spiro atoms. The van der Waals surface area contributed by atoms with Crippen LogP contribution in [0.2, 0.25) is 0 Å². The van der Waals surface area contributed by atoms with Crippen molar-refractivity contribution in [3.05, 3.63) is 70.1 Å². The van der Waals surface area contributed by atoms with Crippen molar-refractivity contribution in [2.45, 2.75) is 6.42 Å². The Kier molecular flexibility index (Phi) is 4.59. The second-order valence-electron chi connectivity index (χ2n) is 5.00. The third-order valence-corrected chi connectivity index (χ3v) is 4.35. The summed E-state index contributed by atoms with van der Waals surface area (Å²) in [6.45, 7) is 0. The summed E-state index contributed by atoms with van der Waals surface area (Å²) in [5, 5.41) is 2.49. The van der Waals surface area contributed by atoms with Crippen LogP contribution in [0, 0.1) is 15.5 Å². The summed E-state index contributed by atoms with van der Waals surface area (Å²) < 4.78 is 1.24. The summed E-state index contributed by atoms with van der Waals surface area (Å²) in [5.74, 6) is 3.22. The highest BCUT2D eigenvalue weighted by atomic mass is 127. The Morgan fingerprint density at radius 2 is 1.91 bits per heavy atom. The monoisotopic (exact) mass is 398 g/mol. The molecule has 0 aliphatic heterocycles. The van der Waals surface area contributed by atoms with Gasteiger partial charge >= 0.3 is 0 Å². The van der Waals surface area contributed by atoms with Gasteiger partial charge in [0.1, 0.15) is 0 Å². The molecule has 0 fully saturated rings. The van der Waals surface area contributed by atoms with E-state index in [1.165, 1.54) is 14.3 Å². The minimum Gasteiger partial charge on any atom is -0.304 e. The first-order chi connectivity index (χ1) is 10.8. The summed E-state index contributed by atoms with van der Waals surface area (Å²) in [6, 6.07) is 19.9. The lowest BCUT2D eigenvalue weighted by molar-refractivity contribution is 1.20. The minimum absolute atomic E-state index is 0.708. The van der Waals surface area contributed by atoms with Crippen molar-refractivity contribution in [2.75, 3.05) is 11.9 Å². The molecule has 0 unspecified atom stereocenters. The smallest absolute Gasteiger partial charge is 0.0574 e. The molecule has 0 N–H and O–H groups in total. The second-order valence-corrected chi connectivity index (χ2v) is 6.16. The van der Waals surface area contributed by atoms with Crippen LogP contribution >= 0.6 is 22.6 Å². The zero-order chi connectivity index (χ0) is 15.4. The predicted octanol–water partition coefficient (Wildman–Crippen LogP) is 4.48. The van der Waals surface area contributed by atoms with Crippen molar-refractivity contribution in [3.8, 4) is 12.0 Å². The number of nitrogens with zero attached hydrogens (tertiary/aromatic N) is 2. The molecule has 0 saturated carbocycles. The fourth-order valence-corrected chi connectivity index (χ4v) is 3.17. The number of hydrogen-bond donors (Lipinski definition) is 0. The molecule has 108 valence electrons. The van der Waals surface area contributed by atoms with Gasteiger partial charge in [0, 0.05) is 40.9 Å². The van der Waals surface area contributed by atoms with Gasteiger partial charge in [-0.1, -0.05) is 36.3 Å². The largest absolute Gasteiger partial charge is 0.304 e. The Bertz CT molecular complexity index is 842. The zero-order valence-corrected chi connectivity index (χ0v) is 14.4. The molecule has 22 heavy (non-hydrogen) atoms. The lowest BCUT2D eigenvalue weighted by Gasteiger charge is -2.15. The molecule has 2 nitrogen and oxygen atoms in total. The van der Waals surface area contributed by atoms with E-state index in [2.05, 4.69) is 75.9 Å². The average Bonchev–Trinajstić information content (AvgIpc) is 2.55. The molecule has 2 aromatic carbocycles. The molecule has 1 aromatic heterocycles. The van der Waals surface area contributed by atoms with E-state index >= 15 is 0 Å². The standard InChI is InChI=1S/C19H15IN2/c1-22(13-5-7-15-6-4-12-21-14-15)18-11-3-9-16-8-2-10-17(20)19(16)18/h2-4,6,8-12,14H,7H2,1H3. The number of halogens is 1. The third-order valence-electron chi connectivity index (χ3n) is 3.46. The first-order valence-corrected chi connectivity index (χ1v) is 8.12. The molecular formula is C19H15IN2. The van der Waals surface area contributed by atoms with Crippen LogP contribution in [0.1, 0.15) is 5.56 Å². The van der Waals surface area contributed by atoms with Gasteiger partial charge in [-0.15, -0.1) is 0 Å². The Balaban J connectivity index is 1.89. The third kappa shape index (κ3) is 3.23. The number of aromatic nitrogens is 1. The van der Waals surface area contributed by atoms with Crippen molar-refractivity contribution in [1.29, 1.82) is 0 Å². The van der Waals surface area contributed by atoms with Crippen LogP contribution in [0.25, 0.3) is 10.8 Å². The quantitative estimate of drug-likeness (QED) is 0.360. The van der Waals surface area contributed by atoms with Crippen LogP contribution in [-0.2, 0) is 6.42 Å². The van der Waals surface area contributed by atoms with Crippen molar-refractivity contribution in [3.63, 3.8) is 0 Å². The van der Waals surface area contributed by atoms with Crippen LogP contribution < -0.4 is 4.90 Å². The number of pyridine rings is 1. The molecule has 0 bridgehead atoms. The Morgan fingerprint density at radius 3 is 2.68 bits per heavy atom. The lowest BCUT2D eigenvalue weighted by atomic mass is 10.1. The summed E-state index contributed by atoms with van der Waals surface area (Å²) in [7, 11) is 2.01. The number of rotatable bonds is 2. The predicted molar refractivity (Wildman–Crippen MR) is 101 cm³/mol. The maximum atomic E-state index is 4.11. The van der Waals surface area contributed by atoms with E-state index in [-0.39, 0.29) is 0 Å². The Morgan fingerprint density at radius 1 is 1.09 bits per heavy atom. The molecule has 3 aromatic rings. The van der Waals surface area contributed by atoms with Gasteiger partial charge < -0.3 is 4.90 Å². The Labute approximate surface area is 144 Å². The van der Waals surface area contributed by atoms with E-state index < -0.39 is 0 Å². The zero-order valence-electron chi connectivity index (χ0n) is 12.3. The number of anilines is 1. The topological polar surface area (TPSA) is 16.1 Å². The molecule has 0 radical (unpaired) electrons. The molecular weight excluding hydrogens is 383 g/mol. The van der Waals surface area contributed by atoms with Gasteiger partial charge in [-0.05, 0) is 51.7 Å². The molecule has 0 saturated heterocycles. The van der Waals surface area contributed by atoms with Crippen molar-refractivity contribution < 1.29 is 0 Å². The van der Waals surface area contributed by atoms with E-state index in [1.54, 1.807) is 6.20 Å². The highest BCUT2D eigenvalue weighted by Crippen LogP contribution is 2.29. The van der Waals surface area contributed by atoms with Crippen molar-refractivity contribution in [2.24, 2.45) is 0 Å². The van der Waals surface area contributed by atoms with Gasteiger partial charge in [-0.25, -0.2) is 0 Å². The van der Waals surface area contributed by atoms with Gasteiger partial charge in [0.05, 0.1) is 5.69 Å². The molecule has 0 aliphatic rings. The van der Waals surface area contributed by atoms with Crippen molar-refractivity contribution in [1.82, 2.24) is 4.98 Å². The van der Waals surface area contributed by atoms with Crippen LogP contribution in [0.3, 0.4) is 0 Å². The number of fused-ring (bicyclic) bond motifs is 1. The highest BCUT2D eigenvalue weighted by Gasteiger charge is 2.06. The summed E-state index contributed by atoms with van der Waals surface area (Å²) in [5.41, 5.74) is 2.28. The van der Waals surface area contributed by atoms with Gasteiger partial charge in [-0.3, -0.25) is 4.98 Å². The van der Waals surface area contributed by atoms with E-state index in [0.717, 1.165) is 11.3 Å². The van der Waals surface area contributed by atoms with Crippen LogP contribution in [-0.4, -0.2) is 12.0 Å². The molecule has 0 aliphatic carbocycles. The van der Waals surface area contributed by atoms with Gasteiger partial charge in [0.15, 0.2) is 0 Å². The fourth-order valence-electron chi connectivity index (χ4n) is 2.38. The first-order valence-electron chi connectivity index (χ1n) is 7.04. The van der Waals surface area contributed by atoms with E-state index in [4.69, 9.17) is 0 Å². The van der Waals surface area contributed by atoms with Crippen LogP contribution in [0.5, 0.6) is 0 Å². The minimum atomic E-state index is 0.708. The lowest BCUT2D eigenvalue weighted by Crippen LogP contribution is -2.09. The second kappa shape index (κ2) is 6.80. The van der Waals surface area contributed by atoms with E-state index in [1.807, 2.05) is 30.3 Å². The van der Waals surface area contributed by atoms with Crippen LogP contribution in [0.4, 0.5) is 5.69 Å². The SMILES string of the molecule is CN(C#CCc1cccnc1)c1cccc2cccc(I)c12. The molecule has 1 heterocycles. The summed E-state index contributed by atoms with van der Waals surface area (Å²) in [6.07, 6.45) is 4.34. The average molecular weight is 398 g/mol. The molecule has 3 heteroatoms. The van der Waals surface area contributed by atoms with Crippen molar-refractivity contribution >= 4 is 39.1 Å². The first kappa shape index (κ1) is 14.9. The number of hydrogen-bond acceptors (Lipinski definition) is 2.